The molecule has 3 rings (SSSR count). The zero-order valence-electron chi connectivity index (χ0n) is 12.4. The van der Waals surface area contributed by atoms with E-state index in [2.05, 4.69) is 4.98 Å². The van der Waals surface area contributed by atoms with Gasteiger partial charge in [0.15, 0.2) is 11.5 Å². The molecule has 0 amide bonds. The van der Waals surface area contributed by atoms with Crippen LogP contribution in [0.1, 0.15) is 18.7 Å². The number of rotatable bonds is 3. The van der Waals surface area contributed by atoms with Gasteiger partial charge in [-0.05, 0) is 18.9 Å². The summed E-state index contributed by atoms with van der Waals surface area (Å²) in [7, 11) is 4.61. The number of ether oxygens (including phenoxy) is 3. The molecule has 0 aliphatic carbocycles. The number of methoxy groups -OCH3 is 3. The number of hydrogen-bond donors (Lipinski definition) is 0. The van der Waals surface area contributed by atoms with Crippen molar-refractivity contribution in [2.45, 2.75) is 25.8 Å². The van der Waals surface area contributed by atoms with Crippen molar-refractivity contribution in [2.75, 3.05) is 21.3 Å². The summed E-state index contributed by atoms with van der Waals surface area (Å²) in [5.41, 5.74) is 0.488. The highest BCUT2D eigenvalue weighted by Gasteiger charge is 2.22. The largest absolute Gasteiger partial charge is 0.493 e. The Balaban J connectivity index is 2.42. The van der Waals surface area contributed by atoms with Crippen molar-refractivity contribution in [1.82, 2.24) is 9.55 Å². The van der Waals surface area contributed by atoms with Crippen LogP contribution >= 0.6 is 0 Å². The minimum atomic E-state index is -0.0473. The quantitative estimate of drug-likeness (QED) is 0.862. The molecule has 0 fully saturated rings. The van der Waals surface area contributed by atoms with E-state index in [0.717, 1.165) is 25.1 Å². The molecule has 1 aromatic carbocycles. The first-order chi connectivity index (χ1) is 10.2. The Morgan fingerprint density at radius 1 is 1.10 bits per heavy atom. The molecule has 6 nitrogen and oxygen atoms in total. The van der Waals surface area contributed by atoms with Crippen LogP contribution in [-0.4, -0.2) is 30.9 Å². The van der Waals surface area contributed by atoms with Crippen LogP contribution in [-0.2, 0) is 13.0 Å². The zero-order valence-corrected chi connectivity index (χ0v) is 12.4. The van der Waals surface area contributed by atoms with E-state index < -0.39 is 0 Å². The summed E-state index contributed by atoms with van der Waals surface area (Å²) in [5.74, 6) is 2.18. The van der Waals surface area contributed by atoms with Crippen molar-refractivity contribution >= 4 is 10.9 Å². The van der Waals surface area contributed by atoms with E-state index in [-0.39, 0.29) is 5.56 Å². The Labute approximate surface area is 122 Å². The summed E-state index contributed by atoms with van der Waals surface area (Å²) in [6.07, 6.45) is 2.86. The molecule has 0 atom stereocenters. The highest BCUT2D eigenvalue weighted by molar-refractivity contribution is 5.89. The van der Waals surface area contributed by atoms with Crippen LogP contribution in [0, 0.1) is 0 Å². The fourth-order valence-corrected chi connectivity index (χ4v) is 2.84. The highest BCUT2D eigenvalue weighted by Crippen LogP contribution is 2.41. The second kappa shape index (κ2) is 5.27. The molecule has 2 aromatic rings. The summed E-state index contributed by atoms with van der Waals surface area (Å²) in [4.78, 5) is 17.3. The van der Waals surface area contributed by atoms with Gasteiger partial charge in [-0.25, -0.2) is 4.98 Å². The Morgan fingerprint density at radius 2 is 1.86 bits per heavy atom. The third-order valence-corrected chi connectivity index (χ3v) is 3.86. The molecule has 0 spiro atoms. The van der Waals surface area contributed by atoms with E-state index in [9.17, 15) is 4.79 Å². The number of fused-ring (bicyclic) bond motifs is 2. The number of aryl methyl sites for hydroxylation is 1. The lowest BCUT2D eigenvalue weighted by Gasteiger charge is -2.20. The van der Waals surface area contributed by atoms with Gasteiger partial charge < -0.3 is 14.2 Å². The molecule has 0 unspecified atom stereocenters. The average molecular weight is 290 g/mol. The van der Waals surface area contributed by atoms with Crippen molar-refractivity contribution < 1.29 is 14.2 Å². The predicted molar refractivity (Wildman–Crippen MR) is 78.6 cm³/mol. The van der Waals surface area contributed by atoms with Crippen molar-refractivity contribution in [2.24, 2.45) is 0 Å². The van der Waals surface area contributed by atoms with E-state index in [4.69, 9.17) is 14.2 Å². The molecule has 2 heterocycles. The molecule has 1 aliphatic rings. The first-order valence-electron chi connectivity index (χ1n) is 6.93. The van der Waals surface area contributed by atoms with E-state index >= 15 is 0 Å². The van der Waals surface area contributed by atoms with Crippen LogP contribution in [0.15, 0.2) is 10.9 Å². The van der Waals surface area contributed by atoms with Crippen LogP contribution in [0.5, 0.6) is 17.2 Å². The molecule has 0 N–H and O–H groups in total. The monoisotopic (exact) mass is 290 g/mol. The van der Waals surface area contributed by atoms with Gasteiger partial charge in [0.05, 0.1) is 26.7 Å². The standard InChI is InChI=1S/C15H18N2O4/c1-19-10-8-9-12(14(21-3)13(10)20-2)16-11-6-4-5-7-17(11)15(9)18/h8H,4-7H2,1-3H3. The van der Waals surface area contributed by atoms with Gasteiger partial charge in [0.2, 0.25) is 5.75 Å². The third-order valence-electron chi connectivity index (χ3n) is 3.86. The smallest absolute Gasteiger partial charge is 0.261 e. The summed E-state index contributed by atoms with van der Waals surface area (Å²) in [5, 5.41) is 0.496. The van der Waals surface area contributed by atoms with E-state index in [1.165, 1.54) is 21.3 Å². The van der Waals surface area contributed by atoms with Crippen LogP contribution < -0.4 is 19.8 Å². The maximum absolute atomic E-state index is 12.7. The molecular weight excluding hydrogens is 272 g/mol. The van der Waals surface area contributed by atoms with Gasteiger partial charge in [0.25, 0.3) is 5.56 Å². The van der Waals surface area contributed by atoms with Crippen LogP contribution in [0.4, 0.5) is 0 Å². The number of hydrogen-bond acceptors (Lipinski definition) is 5. The van der Waals surface area contributed by atoms with Crippen molar-refractivity contribution in [1.29, 1.82) is 0 Å². The Bertz CT molecular complexity index is 752. The van der Waals surface area contributed by atoms with Gasteiger partial charge in [0.1, 0.15) is 11.3 Å². The summed E-state index contributed by atoms with van der Waals surface area (Å²) in [6.45, 7) is 0.716. The topological polar surface area (TPSA) is 62.6 Å². The number of benzene rings is 1. The van der Waals surface area contributed by atoms with Gasteiger partial charge >= 0.3 is 0 Å². The van der Waals surface area contributed by atoms with E-state index in [1.54, 1.807) is 10.6 Å². The van der Waals surface area contributed by atoms with E-state index in [1.807, 2.05) is 0 Å². The summed E-state index contributed by atoms with van der Waals surface area (Å²) >= 11 is 0. The molecule has 21 heavy (non-hydrogen) atoms. The molecule has 0 bridgehead atoms. The van der Waals surface area contributed by atoms with Crippen LogP contribution in [0.25, 0.3) is 10.9 Å². The lowest BCUT2D eigenvalue weighted by molar-refractivity contribution is 0.326. The second-order valence-electron chi connectivity index (χ2n) is 4.98. The average Bonchev–Trinajstić information content (AvgIpc) is 2.53. The summed E-state index contributed by atoms with van der Waals surface area (Å²) < 4.78 is 17.8. The Morgan fingerprint density at radius 3 is 2.52 bits per heavy atom. The molecule has 1 aromatic heterocycles. The van der Waals surface area contributed by atoms with Gasteiger partial charge in [-0.2, -0.15) is 0 Å². The van der Waals surface area contributed by atoms with Gasteiger partial charge in [-0.15, -0.1) is 0 Å². The highest BCUT2D eigenvalue weighted by atomic mass is 16.5. The first kappa shape index (κ1) is 13.7. The molecule has 112 valence electrons. The predicted octanol–water partition coefficient (Wildman–Crippen LogP) is 1.76. The minimum Gasteiger partial charge on any atom is -0.493 e. The van der Waals surface area contributed by atoms with Crippen molar-refractivity contribution in [3.8, 4) is 17.2 Å². The van der Waals surface area contributed by atoms with Gasteiger partial charge in [-0.3, -0.25) is 9.36 Å². The van der Waals surface area contributed by atoms with Crippen molar-refractivity contribution in [3.05, 3.63) is 22.2 Å². The van der Waals surface area contributed by atoms with Crippen LogP contribution in [0.2, 0.25) is 0 Å². The fraction of sp³-hybridized carbons (Fsp3) is 0.467. The van der Waals surface area contributed by atoms with Gasteiger partial charge in [0, 0.05) is 13.0 Å². The minimum absolute atomic E-state index is 0.0473. The second-order valence-corrected chi connectivity index (χ2v) is 4.98. The lowest BCUT2D eigenvalue weighted by atomic mass is 10.1. The summed E-state index contributed by atoms with van der Waals surface area (Å²) in [6, 6.07) is 1.67. The lowest BCUT2D eigenvalue weighted by Crippen LogP contribution is -2.28. The van der Waals surface area contributed by atoms with E-state index in [0.29, 0.717) is 34.7 Å². The number of aromatic nitrogens is 2. The molecule has 0 saturated heterocycles. The fourth-order valence-electron chi connectivity index (χ4n) is 2.84. The Hall–Kier alpha value is -2.24. The normalized spacial score (nSPS) is 13.9. The molecule has 6 heteroatoms. The van der Waals surface area contributed by atoms with Crippen LogP contribution in [0.3, 0.4) is 0 Å². The molecule has 1 aliphatic heterocycles. The SMILES string of the molecule is COc1cc2c(=O)n3c(nc2c(OC)c1OC)CCCC3. The maximum atomic E-state index is 12.7. The molecular formula is C15H18N2O4. The van der Waals surface area contributed by atoms with Crippen molar-refractivity contribution in [3.63, 3.8) is 0 Å². The first-order valence-corrected chi connectivity index (χ1v) is 6.93. The maximum Gasteiger partial charge on any atom is 0.261 e. The van der Waals surface area contributed by atoms with Gasteiger partial charge in [-0.1, -0.05) is 0 Å². The zero-order chi connectivity index (χ0) is 15.0. The third kappa shape index (κ3) is 2.02. The molecule has 0 radical (unpaired) electrons. The Kier molecular flexibility index (Phi) is 3.45. The molecule has 0 saturated carbocycles. The number of nitrogens with zero attached hydrogens (tertiary/aromatic N) is 2.